The van der Waals surface area contributed by atoms with Crippen LogP contribution in [0.5, 0.6) is 0 Å². The van der Waals surface area contributed by atoms with Gasteiger partial charge >= 0.3 is 5.97 Å². The number of nitrogens with zero attached hydrogens (tertiary/aromatic N) is 2. The Morgan fingerprint density at radius 2 is 1.29 bits per heavy atom. The van der Waals surface area contributed by atoms with E-state index < -0.39 is 5.97 Å². The standard InChI is InChI=1S/C17H34N2O2/c1-2-3-4-5-6-7-8-9-11-18-13-15-19(16-14-18)12-10-17(20)21/h2-16H2,1H3,(H,20,21). The molecule has 1 rings (SSSR count). The van der Waals surface area contributed by atoms with E-state index >= 15 is 0 Å². The highest BCUT2D eigenvalue weighted by atomic mass is 16.4. The van der Waals surface area contributed by atoms with Crippen LogP contribution in [-0.4, -0.2) is 60.1 Å². The molecule has 0 atom stereocenters. The van der Waals surface area contributed by atoms with E-state index in [1.54, 1.807) is 0 Å². The number of carbonyl (C=O) groups is 1. The van der Waals surface area contributed by atoms with Crippen LogP contribution in [0.25, 0.3) is 0 Å². The van der Waals surface area contributed by atoms with Crippen LogP contribution in [0.15, 0.2) is 0 Å². The molecule has 0 aromatic rings. The monoisotopic (exact) mass is 298 g/mol. The predicted octanol–water partition coefficient (Wildman–Crippen LogP) is 3.22. The first-order chi connectivity index (χ1) is 10.2. The zero-order chi connectivity index (χ0) is 15.3. The van der Waals surface area contributed by atoms with Crippen molar-refractivity contribution >= 4 is 5.97 Å². The highest BCUT2D eigenvalue weighted by molar-refractivity contribution is 5.66. The number of unbranched alkanes of at least 4 members (excludes halogenated alkanes) is 7. The third-order valence-electron chi connectivity index (χ3n) is 4.43. The predicted molar refractivity (Wildman–Crippen MR) is 87.7 cm³/mol. The van der Waals surface area contributed by atoms with Gasteiger partial charge in [-0.05, 0) is 13.0 Å². The summed E-state index contributed by atoms with van der Waals surface area (Å²) in [6.07, 6.45) is 11.3. The molecule has 1 aliphatic heterocycles. The van der Waals surface area contributed by atoms with Crippen molar-refractivity contribution in [2.75, 3.05) is 39.3 Å². The van der Waals surface area contributed by atoms with E-state index in [2.05, 4.69) is 16.7 Å². The maximum atomic E-state index is 10.6. The summed E-state index contributed by atoms with van der Waals surface area (Å²) in [5.41, 5.74) is 0. The summed E-state index contributed by atoms with van der Waals surface area (Å²) >= 11 is 0. The lowest BCUT2D eigenvalue weighted by molar-refractivity contribution is -0.137. The molecule has 1 N–H and O–H groups in total. The molecule has 0 unspecified atom stereocenters. The Labute approximate surface area is 130 Å². The summed E-state index contributed by atoms with van der Waals surface area (Å²) in [6.45, 7) is 8.48. The van der Waals surface area contributed by atoms with Crippen molar-refractivity contribution in [1.82, 2.24) is 9.80 Å². The summed E-state index contributed by atoms with van der Waals surface area (Å²) in [5.74, 6) is -0.684. The van der Waals surface area contributed by atoms with Gasteiger partial charge in [-0.25, -0.2) is 0 Å². The average Bonchev–Trinajstić information content (AvgIpc) is 2.49. The Kier molecular flexibility index (Phi) is 10.5. The molecule has 1 aliphatic rings. The van der Waals surface area contributed by atoms with Gasteiger partial charge in [0.25, 0.3) is 0 Å². The van der Waals surface area contributed by atoms with Gasteiger partial charge in [0.05, 0.1) is 6.42 Å². The molecule has 124 valence electrons. The lowest BCUT2D eigenvalue weighted by Crippen LogP contribution is -2.47. The minimum Gasteiger partial charge on any atom is -0.481 e. The van der Waals surface area contributed by atoms with Gasteiger partial charge in [0.15, 0.2) is 0 Å². The zero-order valence-corrected chi connectivity index (χ0v) is 13.9. The maximum absolute atomic E-state index is 10.6. The van der Waals surface area contributed by atoms with E-state index in [-0.39, 0.29) is 6.42 Å². The Hall–Kier alpha value is -0.610. The third kappa shape index (κ3) is 9.86. The van der Waals surface area contributed by atoms with E-state index in [4.69, 9.17) is 5.11 Å². The number of hydrogen-bond acceptors (Lipinski definition) is 3. The smallest absolute Gasteiger partial charge is 0.304 e. The van der Waals surface area contributed by atoms with Crippen molar-refractivity contribution in [2.45, 2.75) is 64.7 Å². The fraction of sp³-hybridized carbons (Fsp3) is 0.941. The van der Waals surface area contributed by atoms with Crippen molar-refractivity contribution < 1.29 is 9.90 Å². The second-order valence-corrected chi connectivity index (χ2v) is 6.30. The molecule has 21 heavy (non-hydrogen) atoms. The molecule has 1 fully saturated rings. The normalized spacial score (nSPS) is 17.2. The van der Waals surface area contributed by atoms with Crippen LogP contribution in [0.1, 0.15) is 64.7 Å². The number of hydrogen-bond donors (Lipinski definition) is 1. The van der Waals surface area contributed by atoms with Gasteiger partial charge in [0.1, 0.15) is 0 Å². The van der Waals surface area contributed by atoms with Crippen molar-refractivity contribution in [3.05, 3.63) is 0 Å². The quantitative estimate of drug-likeness (QED) is 0.562. The lowest BCUT2D eigenvalue weighted by atomic mass is 10.1. The minimum atomic E-state index is -0.684. The number of carboxylic acids is 1. The summed E-state index contributed by atoms with van der Waals surface area (Å²) in [4.78, 5) is 15.4. The first kappa shape index (κ1) is 18.4. The molecule has 0 radical (unpaired) electrons. The molecule has 0 aromatic heterocycles. The molecular weight excluding hydrogens is 264 g/mol. The second-order valence-electron chi connectivity index (χ2n) is 6.30. The second kappa shape index (κ2) is 12.0. The van der Waals surface area contributed by atoms with Crippen LogP contribution in [0, 0.1) is 0 Å². The topological polar surface area (TPSA) is 43.8 Å². The highest BCUT2D eigenvalue weighted by Gasteiger charge is 2.16. The highest BCUT2D eigenvalue weighted by Crippen LogP contribution is 2.10. The van der Waals surface area contributed by atoms with Crippen LogP contribution in [0.4, 0.5) is 0 Å². The van der Waals surface area contributed by atoms with Gasteiger partial charge in [-0.2, -0.15) is 0 Å². The van der Waals surface area contributed by atoms with Crippen molar-refractivity contribution in [2.24, 2.45) is 0 Å². The lowest BCUT2D eigenvalue weighted by Gasteiger charge is -2.34. The fourth-order valence-corrected chi connectivity index (χ4v) is 2.96. The van der Waals surface area contributed by atoms with E-state index in [0.717, 1.165) is 26.2 Å². The summed E-state index contributed by atoms with van der Waals surface area (Å²) < 4.78 is 0. The molecule has 0 saturated carbocycles. The largest absolute Gasteiger partial charge is 0.481 e. The van der Waals surface area contributed by atoms with Crippen LogP contribution in [0.3, 0.4) is 0 Å². The van der Waals surface area contributed by atoms with Crippen molar-refractivity contribution in [3.8, 4) is 0 Å². The van der Waals surface area contributed by atoms with Crippen molar-refractivity contribution in [1.29, 1.82) is 0 Å². The first-order valence-electron chi connectivity index (χ1n) is 8.89. The molecule has 0 bridgehead atoms. The SMILES string of the molecule is CCCCCCCCCCN1CCN(CCC(=O)O)CC1. The number of rotatable bonds is 12. The first-order valence-corrected chi connectivity index (χ1v) is 8.89. The van der Waals surface area contributed by atoms with Crippen LogP contribution < -0.4 is 0 Å². The molecule has 1 saturated heterocycles. The zero-order valence-electron chi connectivity index (χ0n) is 13.9. The van der Waals surface area contributed by atoms with Gasteiger partial charge in [0, 0.05) is 32.7 Å². The Morgan fingerprint density at radius 3 is 1.81 bits per heavy atom. The Morgan fingerprint density at radius 1 is 0.810 bits per heavy atom. The number of piperazine rings is 1. The van der Waals surface area contributed by atoms with Gasteiger partial charge in [-0.3, -0.25) is 4.79 Å². The minimum absolute atomic E-state index is 0.276. The number of carboxylic acid groups (broad SMARTS) is 1. The van der Waals surface area contributed by atoms with Gasteiger partial charge in [-0.1, -0.05) is 51.9 Å². The van der Waals surface area contributed by atoms with Crippen LogP contribution in [0.2, 0.25) is 0 Å². The molecule has 0 spiro atoms. The molecule has 0 amide bonds. The molecule has 1 heterocycles. The van der Waals surface area contributed by atoms with Gasteiger partial charge in [0.2, 0.25) is 0 Å². The molecular formula is C17H34N2O2. The van der Waals surface area contributed by atoms with E-state index in [0.29, 0.717) is 6.54 Å². The summed E-state index contributed by atoms with van der Waals surface area (Å²) in [6, 6.07) is 0. The Balaban J connectivity index is 1.90. The van der Waals surface area contributed by atoms with E-state index in [1.807, 2.05) is 0 Å². The van der Waals surface area contributed by atoms with Crippen molar-refractivity contribution in [3.63, 3.8) is 0 Å². The van der Waals surface area contributed by atoms with Crippen LogP contribution in [-0.2, 0) is 4.79 Å². The molecule has 4 heteroatoms. The maximum Gasteiger partial charge on any atom is 0.304 e. The van der Waals surface area contributed by atoms with E-state index in [9.17, 15) is 4.79 Å². The summed E-state index contributed by atoms with van der Waals surface area (Å²) in [5, 5.41) is 8.69. The fourth-order valence-electron chi connectivity index (χ4n) is 2.96. The average molecular weight is 298 g/mol. The molecule has 0 aromatic carbocycles. The van der Waals surface area contributed by atoms with E-state index in [1.165, 1.54) is 57.9 Å². The van der Waals surface area contributed by atoms with Gasteiger partial charge < -0.3 is 14.9 Å². The van der Waals surface area contributed by atoms with Gasteiger partial charge in [-0.15, -0.1) is 0 Å². The molecule has 0 aliphatic carbocycles. The van der Waals surface area contributed by atoms with Crippen LogP contribution >= 0.6 is 0 Å². The third-order valence-corrected chi connectivity index (χ3v) is 4.43. The summed E-state index contributed by atoms with van der Waals surface area (Å²) in [7, 11) is 0. The molecule has 4 nitrogen and oxygen atoms in total. The Bertz CT molecular complexity index is 264. The number of aliphatic carboxylic acids is 1.